The highest BCUT2D eigenvalue weighted by Gasteiger charge is 2.23. The summed E-state index contributed by atoms with van der Waals surface area (Å²) < 4.78 is 5.02. The lowest BCUT2D eigenvalue weighted by atomic mass is 10.1. The van der Waals surface area contributed by atoms with Crippen molar-refractivity contribution in [3.05, 3.63) is 18.3 Å². The van der Waals surface area contributed by atoms with Crippen LogP contribution in [0, 0.1) is 5.92 Å². The monoisotopic (exact) mass is 334 g/mol. The third-order valence-corrected chi connectivity index (χ3v) is 3.93. The van der Waals surface area contributed by atoms with E-state index >= 15 is 0 Å². The Labute approximate surface area is 142 Å². The normalized spacial score (nSPS) is 15.2. The van der Waals surface area contributed by atoms with Gasteiger partial charge >= 0.3 is 6.09 Å². The predicted octanol–water partition coefficient (Wildman–Crippen LogP) is 2.71. The number of piperidine rings is 1. The second-order valence-corrected chi connectivity index (χ2v) is 6.18. The van der Waals surface area contributed by atoms with Gasteiger partial charge in [-0.1, -0.05) is 13.8 Å². The van der Waals surface area contributed by atoms with Crippen molar-refractivity contribution in [1.29, 1.82) is 0 Å². The van der Waals surface area contributed by atoms with Crippen LogP contribution in [0.15, 0.2) is 18.3 Å². The smallest absolute Gasteiger partial charge is 0.409 e. The Kier molecular flexibility index (Phi) is 6.40. The van der Waals surface area contributed by atoms with Crippen LogP contribution in [0.5, 0.6) is 0 Å². The summed E-state index contributed by atoms with van der Waals surface area (Å²) in [6, 6.07) is 3.99. The highest BCUT2D eigenvalue weighted by atomic mass is 16.6. The van der Waals surface area contributed by atoms with E-state index in [1.165, 1.54) is 0 Å². The van der Waals surface area contributed by atoms with Crippen molar-refractivity contribution in [3.8, 4) is 0 Å². The standard InChI is InChI=1S/C17H26N4O3/c1-4-24-17(23)21-9-7-13(8-10-21)19-14-5-6-15(18-11-14)20-16(22)12(2)3/h5-6,11-13,19H,4,7-10H2,1-3H3,(H,18,20,22). The minimum Gasteiger partial charge on any atom is -0.450 e. The molecule has 132 valence electrons. The molecular weight excluding hydrogens is 308 g/mol. The van der Waals surface area contributed by atoms with Crippen molar-refractivity contribution in [2.45, 2.75) is 39.7 Å². The maximum Gasteiger partial charge on any atom is 0.409 e. The first kappa shape index (κ1) is 18.0. The molecular formula is C17H26N4O3. The molecule has 0 radical (unpaired) electrons. The number of aromatic nitrogens is 1. The molecule has 2 heterocycles. The number of pyridine rings is 1. The van der Waals surface area contributed by atoms with Crippen LogP contribution in [0.2, 0.25) is 0 Å². The van der Waals surface area contributed by atoms with Gasteiger partial charge in [-0.3, -0.25) is 4.79 Å². The van der Waals surface area contributed by atoms with Gasteiger partial charge < -0.3 is 20.3 Å². The zero-order valence-electron chi connectivity index (χ0n) is 14.5. The van der Waals surface area contributed by atoms with Crippen molar-refractivity contribution in [3.63, 3.8) is 0 Å². The largest absolute Gasteiger partial charge is 0.450 e. The molecule has 7 nitrogen and oxygen atoms in total. The number of amides is 2. The fraction of sp³-hybridized carbons (Fsp3) is 0.588. The van der Waals surface area contributed by atoms with E-state index in [1.54, 1.807) is 17.2 Å². The number of rotatable bonds is 5. The van der Waals surface area contributed by atoms with Gasteiger partial charge in [0.1, 0.15) is 5.82 Å². The van der Waals surface area contributed by atoms with Crippen molar-refractivity contribution in [2.24, 2.45) is 5.92 Å². The summed E-state index contributed by atoms with van der Waals surface area (Å²) in [7, 11) is 0. The summed E-state index contributed by atoms with van der Waals surface area (Å²) in [6.07, 6.45) is 3.21. The lowest BCUT2D eigenvalue weighted by molar-refractivity contribution is -0.118. The summed E-state index contributed by atoms with van der Waals surface area (Å²) in [4.78, 5) is 29.3. The summed E-state index contributed by atoms with van der Waals surface area (Å²) in [5.41, 5.74) is 0.909. The molecule has 24 heavy (non-hydrogen) atoms. The molecule has 0 saturated carbocycles. The van der Waals surface area contributed by atoms with E-state index in [0.717, 1.165) is 18.5 Å². The number of ether oxygens (including phenoxy) is 1. The Balaban J connectivity index is 1.80. The lowest BCUT2D eigenvalue weighted by Crippen LogP contribution is -2.42. The highest BCUT2D eigenvalue weighted by molar-refractivity contribution is 5.91. The zero-order chi connectivity index (χ0) is 17.5. The SMILES string of the molecule is CCOC(=O)N1CCC(Nc2ccc(NC(=O)C(C)C)nc2)CC1. The molecule has 0 aliphatic carbocycles. The number of anilines is 2. The van der Waals surface area contributed by atoms with Gasteiger partial charge in [0.25, 0.3) is 0 Å². The fourth-order valence-corrected chi connectivity index (χ4v) is 2.48. The van der Waals surface area contributed by atoms with Crippen LogP contribution in [0.25, 0.3) is 0 Å². The van der Waals surface area contributed by atoms with Crippen LogP contribution < -0.4 is 10.6 Å². The number of carbonyl (C=O) groups is 2. The van der Waals surface area contributed by atoms with E-state index in [9.17, 15) is 9.59 Å². The van der Waals surface area contributed by atoms with Crippen LogP contribution in [-0.2, 0) is 9.53 Å². The van der Waals surface area contributed by atoms with Gasteiger partial charge in [0, 0.05) is 25.0 Å². The topological polar surface area (TPSA) is 83.6 Å². The summed E-state index contributed by atoms with van der Waals surface area (Å²) in [5.74, 6) is 0.431. The molecule has 2 N–H and O–H groups in total. The number of hydrogen-bond donors (Lipinski definition) is 2. The van der Waals surface area contributed by atoms with Crippen LogP contribution in [-0.4, -0.2) is 47.6 Å². The molecule has 2 rings (SSSR count). The third kappa shape index (κ3) is 5.11. The van der Waals surface area contributed by atoms with Crippen molar-refractivity contribution in [2.75, 3.05) is 30.3 Å². The minimum absolute atomic E-state index is 0.0467. The average Bonchev–Trinajstić information content (AvgIpc) is 2.57. The van der Waals surface area contributed by atoms with E-state index in [-0.39, 0.29) is 17.9 Å². The molecule has 0 spiro atoms. The molecule has 1 saturated heterocycles. The second kappa shape index (κ2) is 8.52. The fourth-order valence-electron chi connectivity index (χ4n) is 2.48. The molecule has 2 amide bonds. The van der Waals surface area contributed by atoms with Gasteiger partial charge in [-0.05, 0) is 31.9 Å². The molecule has 1 aromatic heterocycles. The maximum atomic E-state index is 11.7. The minimum atomic E-state index is -0.233. The molecule has 1 fully saturated rings. The van der Waals surface area contributed by atoms with Gasteiger partial charge in [-0.25, -0.2) is 9.78 Å². The highest BCUT2D eigenvalue weighted by Crippen LogP contribution is 2.18. The molecule has 0 bridgehead atoms. The van der Waals surface area contributed by atoms with Gasteiger partial charge in [0.2, 0.25) is 5.91 Å². The molecule has 0 unspecified atom stereocenters. The quantitative estimate of drug-likeness (QED) is 0.865. The van der Waals surface area contributed by atoms with Gasteiger partial charge in [-0.15, -0.1) is 0 Å². The van der Waals surface area contributed by atoms with E-state index < -0.39 is 0 Å². The average molecular weight is 334 g/mol. The van der Waals surface area contributed by atoms with E-state index in [1.807, 2.05) is 26.8 Å². The first-order valence-electron chi connectivity index (χ1n) is 8.44. The predicted molar refractivity (Wildman–Crippen MR) is 92.9 cm³/mol. The zero-order valence-corrected chi connectivity index (χ0v) is 14.5. The molecule has 1 aliphatic rings. The number of nitrogens with zero attached hydrogens (tertiary/aromatic N) is 2. The Hall–Kier alpha value is -2.31. The van der Waals surface area contributed by atoms with Crippen molar-refractivity contribution in [1.82, 2.24) is 9.88 Å². The van der Waals surface area contributed by atoms with Crippen LogP contribution in [0.3, 0.4) is 0 Å². The second-order valence-electron chi connectivity index (χ2n) is 6.18. The number of nitrogens with one attached hydrogen (secondary N) is 2. The van der Waals surface area contributed by atoms with E-state index in [2.05, 4.69) is 15.6 Å². The number of carbonyl (C=O) groups excluding carboxylic acids is 2. The molecule has 1 aromatic rings. The van der Waals surface area contributed by atoms with Crippen molar-refractivity contribution >= 4 is 23.5 Å². The third-order valence-electron chi connectivity index (χ3n) is 3.93. The van der Waals surface area contributed by atoms with Gasteiger partial charge in [0.05, 0.1) is 18.5 Å². The Morgan fingerprint density at radius 2 is 2.04 bits per heavy atom. The Morgan fingerprint density at radius 3 is 2.58 bits per heavy atom. The summed E-state index contributed by atoms with van der Waals surface area (Å²) >= 11 is 0. The van der Waals surface area contributed by atoms with Crippen LogP contribution in [0.4, 0.5) is 16.3 Å². The Morgan fingerprint density at radius 1 is 1.33 bits per heavy atom. The lowest BCUT2D eigenvalue weighted by Gasteiger charge is -2.32. The first-order valence-corrected chi connectivity index (χ1v) is 8.44. The van der Waals surface area contributed by atoms with E-state index in [4.69, 9.17) is 4.74 Å². The Bertz CT molecular complexity index is 551. The van der Waals surface area contributed by atoms with Crippen molar-refractivity contribution < 1.29 is 14.3 Å². The first-order chi connectivity index (χ1) is 11.5. The summed E-state index contributed by atoms with van der Waals surface area (Å²) in [5, 5.41) is 6.19. The van der Waals surface area contributed by atoms with Crippen LogP contribution >= 0.6 is 0 Å². The van der Waals surface area contributed by atoms with Gasteiger partial charge in [0.15, 0.2) is 0 Å². The van der Waals surface area contributed by atoms with E-state index in [0.29, 0.717) is 31.6 Å². The molecule has 0 aromatic carbocycles. The summed E-state index contributed by atoms with van der Waals surface area (Å²) in [6.45, 7) is 7.27. The van der Waals surface area contributed by atoms with Gasteiger partial charge in [-0.2, -0.15) is 0 Å². The molecule has 0 atom stereocenters. The van der Waals surface area contributed by atoms with Crippen LogP contribution in [0.1, 0.15) is 33.6 Å². The number of hydrogen-bond acceptors (Lipinski definition) is 5. The maximum absolute atomic E-state index is 11.7. The molecule has 7 heteroatoms. The number of likely N-dealkylation sites (tertiary alicyclic amines) is 1. The molecule has 1 aliphatic heterocycles.